The number of rotatable bonds is 8. The molecule has 11 nitrogen and oxygen atoms in total. The minimum atomic E-state index is -1.23. The highest BCUT2D eigenvalue weighted by atomic mass is 35.5. The van der Waals surface area contributed by atoms with Gasteiger partial charge in [0.1, 0.15) is 17.3 Å². The van der Waals surface area contributed by atoms with Crippen molar-refractivity contribution in [2.24, 2.45) is 42.1 Å². The average Bonchev–Trinajstić information content (AvgIpc) is 3.88. The fourth-order valence-corrected chi connectivity index (χ4v) is 11.2. The van der Waals surface area contributed by atoms with Gasteiger partial charge in [0.25, 0.3) is 0 Å². The van der Waals surface area contributed by atoms with Crippen LogP contribution in [0.3, 0.4) is 0 Å². The van der Waals surface area contributed by atoms with E-state index in [9.17, 15) is 24.6 Å². The minimum absolute atomic E-state index is 0.0118. The van der Waals surface area contributed by atoms with Crippen molar-refractivity contribution in [2.45, 2.75) is 33.1 Å². The van der Waals surface area contributed by atoms with E-state index in [1.54, 1.807) is 65.5 Å². The van der Waals surface area contributed by atoms with Gasteiger partial charge in [0.15, 0.2) is 11.5 Å². The Morgan fingerprint density at radius 1 is 0.983 bits per heavy atom. The van der Waals surface area contributed by atoms with E-state index in [0.717, 1.165) is 31.7 Å². The molecule has 2 N–H and O–H groups in total. The number of hydrogen-bond donors (Lipinski definition) is 2. The van der Waals surface area contributed by atoms with Crippen molar-refractivity contribution >= 4 is 68.5 Å². The van der Waals surface area contributed by atoms with Gasteiger partial charge in [-0.15, -0.1) is 11.3 Å². The molecule has 4 aliphatic rings. The van der Waals surface area contributed by atoms with E-state index in [4.69, 9.17) is 21.4 Å². The van der Waals surface area contributed by atoms with Gasteiger partial charge in [0.2, 0.25) is 23.6 Å². The van der Waals surface area contributed by atoms with Gasteiger partial charge in [-0.25, -0.2) is 4.90 Å². The molecule has 0 spiro atoms. The number of halogens is 1. The maximum absolute atomic E-state index is 15.1. The number of nitrogens with zero attached hydrogens (tertiary/aromatic N) is 4. The molecule has 2 aliphatic heterocycles. The number of thiophene rings is 1. The summed E-state index contributed by atoms with van der Waals surface area (Å²) in [7, 11) is 3.19. The number of imide groups is 2. The number of fused-ring (bicyclic) bond motifs is 5. The molecule has 58 heavy (non-hydrogen) atoms. The number of aromatic hydroxyl groups is 2. The first kappa shape index (κ1) is 37.8. The summed E-state index contributed by atoms with van der Waals surface area (Å²) in [6.45, 7) is 4.05. The number of carbonyl (C=O) groups excluding carboxylic acids is 4. The lowest BCUT2D eigenvalue weighted by Gasteiger charge is -2.47. The Hall–Kier alpha value is -5.72. The molecule has 4 amide bonds. The monoisotopic (exact) mass is 816 g/mol. The van der Waals surface area contributed by atoms with Gasteiger partial charge in [-0.1, -0.05) is 53.6 Å². The molecule has 5 aromatic rings. The van der Waals surface area contributed by atoms with E-state index in [-0.39, 0.29) is 53.8 Å². The number of hydrogen-bond acceptors (Lipinski definition) is 9. The van der Waals surface area contributed by atoms with Crippen LogP contribution in [-0.4, -0.2) is 62.2 Å². The summed E-state index contributed by atoms with van der Waals surface area (Å²) in [4.78, 5) is 61.8. The number of methoxy groups -OCH3 is 1. The minimum Gasteiger partial charge on any atom is -0.508 e. The lowest BCUT2D eigenvalue weighted by Crippen LogP contribution is -2.49. The molecule has 4 heterocycles. The number of benzene rings is 3. The van der Waals surface area contributed by atoms with Crippen molar-refractivity contribution in [1.29, 1.82) is 0 Å². The Labute approximate surface area is 343 Å². The third kappa shape index (κ3) is 5.79. The highest BCUT2D eigenvalue weighted by Gasteiger charge is 2.67. The summed E-state index contributed by atoms with van der Waals surface area (Å²) in [5.74, 6) is -3.55. The van der Waals surface area contributed by atoms with E-state index < -0.39 is 35.0 Å². The Balaban J connectivity index is 1.09. The van der Waals surface area contributed by atoms with E-state index in [1.165, 1.54) is 23.0 Å². The Morgan fingerprint density at radius 2 is 1.76 bits per heavy atom. The largest absolute Gasteiger partial charge is 0.508 e. The highest BCUT2D eigenvalue weighted by molar-refractivity contribution is 7.22. The lowest BCUT2D eigenvalue weighted by molar-refractivity contribution is -0.140. The number of phenols is 2. The molecule has 296 valence electrons. The van der Waals surface area contributed by atoms with Crippen molar-refractivity contribution < 1.29 is 34.1 Å². The fourth-order valence-electron chi connectivity index (χ4n) is 9.85. The lowest BCUT2D eigenvalue weighted by atomic mass is 9.52. The van der Waals surface area contributed by atoms with Crippen LogP contribution in [0.4, 0.5) is 5.82 Å². The second-order valence-electron chi connectivity index (χ2n) is 15.9. The number of amides is 4. The Kier molecular flexibility index (Phi) is 9.12. The molecule has 9 rings (SSSR count). The molecule has 3 aromatic carbocycles. The van der Waals surface area contributed by atoms with E-state index >= 15 is 4.79 Å². The van der Waals surface area contributed by atoms with Gasteiger partial charge in [0, 0.05) is 35.3 Å². The zero-order chi connectivity index (χ0) is 40.8. The number of allylic oxidation sites excluding steroid dienone is 3. The topological polar surface area (TPSA) is 142 Å². The Morgan fingerprint density at radius 3 is 2.52 bits per heavy atom. The van der Waals surface area contributed by atoms with Crippen LogP contribution >= 0.6 is 22.9 Å². The quantitative estimate of drug-likeness (QED) is 0.120. The van der Waals surface area contributed by atoms with Crippen molar-refractivity contribution in [3.8, 4) is 27.8 Å². The molecular weight excluding hydrogens is 776 g/mol. The maximum Gasteiger partial charge on any atom is 0.242 e. The van der Waals surface area contributed by atoms with E-state index in [1.807, 2.05) is 50.3 Å². The molecule has 2 aliphatic carbocycles. The summed E-state index contributed by atoms with van der Waals surface area (Å²) in [5.41, 5.74) is 2.87. The molecule has 0 bridgehead atoms. The second-order valence-corrected chi connectivity index (χ2v) is 17.4. The van der Waals surface area contributed by atoms with Gasteiger partial charge in [0.05, 0.1) is 35.2 Å². The summed E-state index contributed by atoms with van der Waals surface area (Å²) < 4.78 is 7.97. The molecule has 2 saturated heterocycles. The molecule has 13 heteroatoms. The molecular formula is C45H41ClN4O7S. The molecule has 6 atom stereocenters. The van der Waals surface area contributed by atoms with Crippen molar-refractivity contribution in [3.05, 3.63) is 106 Å². The van der Waals surface area contributed by atoms with Crippen LogP contribution in [0.25, 0.3) is 26.7 Å². The summed E-state index contributed by atoms with van der Waals surface area (Å²) in [5, 5.41) is 26.5. The summed E-state index contributed by atoms with van der Waals surface area (Å²) in [6, 6.07) is 19.2. The van der Waals surface area contributed by atoms with Crippen molar-refractivity contribution in [1.82, 2.24) is 14.7 Å². The molecule has 1 saturated carbocycles. The smallest absolute Gasteiger partial charge is 0.242 e. The number of ether oxygens (including phenoxy) is 1. The van der Waals surface area contributed by atoms with Crippen molar-refractivity contribution in [2.75, 3.05) is 18.6 Å². The Bertz CT molecular complexity index is 2630. The van der Waals surface area contributed by atoms with Crippen LogP contribution in [0.15, 0.2) is 84.5 Å². The van der Waals surface area contributed by atoms with Gasteiger partial charge in [-0.05, 0) is 104 Å². The van der Waals surface area contributed by atoms with Crippen LogP contribution in [0.1, 0.15) is 36.5 Å². The predicted octanol–water partition coefficient (Wildman–Crippen LogP) is 7.70. The summed E-state index contributed by atoms with van der Waals surface area (Å²) in [6.07, 6.45) is 6.81. The van der Waals surface area contributed by atoms with Gasteiger partial charge in [-0.3, -0.25) is 28.8 Å². The average molecular weight is 817 g/mol. The SMILES string of the molecule is COc1cc(C=CC2C3=CCC4C(=O)N(CCc5ccc(O)cc5)C(=O)C4C3CC3C(=O)N(c4cc(-c5sc6ccc(Cl)cc6c5C)nn4C)C(=O)C23C)ccc1O. The van der Waals surface area contributed by atoms with Crippen LogP contribution < -0.4 is 9.64 Å². The maximum atomic E-state index is 15.1. The summed E-state index contributed by atoms with van der Waals surface area (Å²) >= 11 is 7.90. The number of aromatic nitrogens is 2. The van der Waals surface area contributed by atoms with Crippen LogP contribution in [0.5, 0.6) is 17.2 Å². The highest BCUT2D eigenvalue weighted by Crippen LogP contribution is 2.61. The number of carbonyl (C=O) groups is 4. The van der Waals surface area contributed by atoms with Crippen LogP contribution in [-0.2, 0) is 32.6 Å². The number of likely N-dealkylation sites (tertiary alicyclic amines) is 1. The van der Waals surface area contributed by atoms with Gasteiger partial charge < -0.3 is 14.9 Å². The van der Waals surface area contributed by atoms with Crippen LogP contribution in [0.2, 0.25) is 5.02 Å². The van der Waals surface area contributed by atoms with Crippen molar-refractivity contribution in [3.63, 3.8) is 0 Å². The van der Waals surface area contributed by atoms with Crippen LogP contribution in [0, 0.1) is 41.9 Å². The standard InChI is InChI=1S/C45H41ClN4O7S/c1-23-30-20-26(46)9-16-37(30)58-40(23)34-22-38(48(3)47-34)50-42(54)33-21-31-28(32(45(33,2)44(50)56)14-7-25-8-15-35(52)36(19-25)57-4)12-13-29-39(31)43(55)49(41(29)53)18-17-24-5-10-27(51)11-6-24/h5-12,14-16,19-20,22,29,31-33,39,51-52H,13,17-18,21H2,1-4H3. The first-order chi connectivity index (χ1) is 27.8. The third-order valence-corrected chi connectivity index (χ3v) is 14.4. The zero-order valence-electron chi connectivity index (χ0n) is 32.3. The van der Waals surface area contributed by atoms with E-state index in [2.05, 4.69) is 0 Å². The number of phenolic OH excluding ortho intramolecular Hbond substituents is 2. The predicted molar refractivity (Wildman–Crippen MR) is 221 cm³/mol. The second kappa shape index (κ2) is 14.0. The molecule has 6 unspecified atom stereocenters. The normalized spacial score (nSPS) is 25.5. The third-order valence-electron chi connectivity index (χ3n) is 12.9. The molecule has 3 fully saturated rings. The van der Waals surface area contributed by atoms with Gasteiger partial charge >= 0.3 is 0 Å². The fraction of sp³-hybridized carbons (Fsp3) is 0.311. The van der Waals surface area contributed by atoms with E-state index in [0.29, 0.717) is 34.9 Å². The van der Waals surface area contributed by atoms with Gasteiger partial charge in [-0.2, -0.15) is 5.10 Å². The zero-order valence-corrected chi connectivity index (χ0v) is 33.9. The first-order valence-corrected chi connectivity index (χ1v) is 20.5. The number of aryl methyl sites for hydroxylation is 2. The number of anilines is 1. The molecule has 2 aromatic heterocycles. The molecule has 0 radical (unpaired) electrons. The first-order valence-electron chi connectivity index (χ1n) is 19.3.